The number of hydrogen-bond acceptors (Lipinski definition) is 11. The minimum Gasteiger partial charge on any atom is -0.508 e. The molecule has 0 saturated heterocycles. The molecule has 6 aromatic carbocycles. The fourth-order valence-electron chi connectivity index (χ4n) is 5.37. The molecule has 0 aliphatic rings. The van der Waals surface area contributed by atoms with Crippen LogP contribution in [0.3, 0.4) is 0 Å². The Morgan fingerprint density at radius 1 is 0.463 bits per heavy atom. The van der Waals surface area contributed by atoms with Gasteiger partial charge in [-0.1, -0.05) is 24.3 Å². The van der Waals surface area contributed by atoms with Crippen LogP contribution in [0.15, 0.2) is 129 Å². The first-order chi connectivity index (χ1) is 25.2. The van der Waals surface area contributed by atoms with Crippen molar-refractivity contribution in [3.8, 4) is 11.5 Å². The van der Waals surface area contributed by atoms with E-state index in [2.05, 4.69) is 20.1 Å². The van der Waals surface area contributed by atoms with Crippen LogP contribution in [0.5, 0.6) is 11.5 Å². The van der Waals surface area contributed by atoms with Crippen LogP contribution >= 0.6 is 0 Å². The molecule has 0 heterocycles. The highest BCUT2D eigenvalue weighted by atomic mass is 32.2. The van der Waals surface area contributed by atoms with Crippen molar-refractivity contribution < 1.29 is 57.8 Å². The molecule has 0 bridgehead atoms. The Balaban J connectivity index is 1.18. The highest BCUT2D eigenvalue weighted by Crippen LogP contribution is 2.33. The van der Waals surface area contributed by atoms with Gasteiger partial charge in [0.05, 0.1) is 21.2 Å². The summed E-state index contributed by atoms with van der Waals surface area (Å²) in [6, 6.07) is 20.6. The molecule has 0 fully saturated rings. The number of benzene rings is 6. The molecule has 6 rings (SSSR count). The van der Waals surface area contributed by atoms with Gasteiger partial charge in [-0.05, 0) is 95.7 Å². The summed E-state index contributed by atoms with van der Waals surface area (Å²) in [5, 5.41) is 24.6. The van der Waals surface area contributed by atoms with E-state index in [0.29, 0.717) is 0 Å². The zero-order valence-electron chi connectivity index (χ0n) is 27.0. The van der Waals surface area contributed by atoms with E-state index in [0.717, 1.165) is 36.4 Å². The average Bonchev–Trinajstić information content (AvgIpc) is 3.07. The number of sulfonamides is 2. The molecule has 0 saturated carbocycles. The Hall–Kier alpha value is -5.97. The molecule has 2 amide bonds. The van der Waals surface area contributed by atoms with Gasteiger partial charge < -0.3 is 20.8 Å². The van der Waals surface area contributed by atoms with Crippen molar-refractivity contribution in [2.45, 2.75) is 19.6 Å². The lowest BCUT2D eigenvalue weighted by Gasteiger charge is -2.14. The molecule has 0 aliphatic carbocycles. The number of amides is 2. The van der Waals surface area contributed by atoms with Crippen LogP contribution in [0.1, 0.15) is 0 Å². The lowest BCUT2D eigenvalue weighted by molar-refractivity contribution is 0.262. The third kappa shape index (κ3) is 8.30. The van der Waals surface area contributed by atoms with Gasteiger partial charge in [0.25, 0.3) is 40.3 Å². The second-order valence-corrected chi connectivity index (χ2v) is 17.7. The van der Waals surface area contributed by atoms with E-state index in [1.807, 2.05) is 0 Å². The van der Waals surface area contributed by atoms with Crippen molar-refractivity contribution in [3.05, 3.63) is 109 Å². The lowest BCUT2D eigenvalue weighted by atomic mass is 10.1. The summed E-state index contributed by atoms with van der Waals surface area (Å²) in [5.74, 6) is -0.577. The first-order valence-electron chi connectivity index (χ1n) is 15.0. The van der Waals surface area contributed by atoms with Gasteiger partial charge in [0, 0.05) is 22.1 Å². The van der Waals surface area contributed by atoms with Crippen molar-refractivity contribution in [2.75, 3.05) is 20.1 Å². The number of urea groups is 1. The fraction of sp³-hybridized carbons (Fsp3) is 0. The molecule has 0 aromatic heterocycles. The van der Waals surface area contributed by atoms with Crippen molar-refractivity contribution >= 4 is 90.6 Å². The number of fused-ring (bicyclic) bond motifs is 2. The van der Waals surface area contributed by atoms with E-state index < -0.39 is 56.1 Å². The number of aromatic hydroxyl groups is 2. The molecule has 0 atom stereocenters. The number of anilines is 4. The van der Waals surface area contributed by atoms with Gasteiger partial charge in [-0.25, -0.2) is 21.6 Å². The number of phenols is 2. The minimum absolute atomic E-state index is 0.0207. The molecule has 0 spiro atoms. The molecule has 54 heavy (non-hydrogen) atoms. The Bertz CT molecular complexity index is 2770. The smallest absolute Gasteiger partial charge is 0.323 e. The maximum atomic E-state index is 13.3. The van der Waals surface area contributed by atoms with E-state index in [-0.39, 0.29) is 65.6 Å². The molecule has 21 heteroatoms. The van der Waals surface area contributed by atoms with Crippen LogP contribution in [0, 0.1) is 0 Å². The zero-order chi connectivity index (χ0) is 39.2. The molecule has 280 valence electrons. The van der Waals surface area contributed by atoms with Crippen LogP contribution in [0.2, 0.25) is 0 Å². The van der Waals surface area contributed by atoms with E-state index in [4.69, 9.17) is 0 Å². The zero-order valence-corrected chi connectivity index (χ0v) is 30.3. The lowest BCUT2D eigenvalue weighted by Crippen LogP contribution is -2.20. The van der Waals surface area contributed by atoms with Gasteiger partial charge in [0.2, 0.25) is 0 Å². The van der Waals surface area contributed by atoms with Crippen LogP contribution in [0.25, 0.3) is 21.5 Å². The van der Waals surface area contributed by atoms with Crippen LogP contribution < -0.4 is 20.1 Å². The molecular weight excluding hydrogens is 789 g/mol. The summed E-state index contributed by atoms with van der Waals surface area (Å²) >= 11 is 0. The summed E-state index contributed by atoms with van der Waals surface area (Å²) in [6.07, 6.45) is 0. The van der Waals surface area contributed by atoms with E-state index in [1.165, 1.54) is 72.8 Å². The quantitative estimate of drug-likeness (QED) is 0.0833. The van der Waals surface area contributed by atoms with Gasteiger partial charge in [-0.2, -0.15) is 16.8 Å². The predicted octanol–water partition coefficient (Wildman–Crippen LogP) is 5.14. The number of rotatable bonds is 10. The summed E-state index contributed by atoms with van der Waals surface area (Å²) in [4.78, 5) is 10.9. The van der Waals surface area contributed by atoms with Crippen molar-refractivity contribution in [1.29, 1.82) is 0 Å². The third-order valence-corrected chi connectivity index (χ3v) is 12.2. The topological polar surface area (TPSA) is 283 Å². The summed E-state index contributed by atoms with van der Waals surface area (Å²) < 4.78 is 125. The molecule has 8 N–H and O–H groups in total. The van der Waals surface area contributed by atoms with E-state index >= 15 is 0 Å². The van der Waals surface area contributed by atoms with Crippen molar-refractivity contribution in [3.63, 3.8) is 0 Å². The van der Waals surface area contributed by atoms with Crippen LogP contribution in [0.4, 0.5) is 27.5 Å². The molecule has 17 nitrogen and oxygen atoms in total. The maximum Gasteiger partial charge on any atom is 0.323 e. The normalized spacial score (nSPS) is 12.3. The Kier molecular flexibility index (Phi) is 9.64. The first-order valence-corrected chi connectivity index (χ1v) is 20.8. The molecule has 0 unspecified atom stereocenters. The minimum atomic E-state index is -4.85. The average molecular weight is 815 g/mol. The fourth-order valence-corrected chi connectivity index (χ4v) is 9.00. The monoisotopic (exact) mass is 814 g/mol. The highest BCUT2D eigenvalue weighted by molar-refractivity contribution is 7.93. The van der Waals surface area contributed by atoms with Crippen LogP contribution in [-0.2, 0) is 40.3 Å². The Labute approximate surface area is 307 Å². The van der Waals surface area contributed by atoms with Crippen molar-refractivity contribution in [1.82, 2.24) is 0 Å². The standard InChI is InChI=1S/C33H26N4O13S4/c38-25-9-7-19-11-23(15-31(29(19)17-25)53(45,46)47)36-51(41,42)27-5-1-3-21(13-27)34-33(40)35-22-4-2-6-28(14-22)52(43,44)37-24-12-20-8-10-26(39)18-30(20)32(16-24)54(48,49)50/h1-18,36-39H,(H2,34,35,40)(H,45,46,47)(H,48,49,50). The van der Waals surface area contributed by atoms with E-state index in [9.17, 15) is 57.8 Å². The number of carbonyl (C=O) groups is 1. The first kappa shape index (κ1) is 37.8. The summed E-state index contributed by atoms with van der Waals surface area (Å²) in [6.45, 7) is 0. The number of hydrogen-bond donors (Lipinski definition) is 8. The van der Waals surface area contributed by atoms with Gasteiger partial charge in [-0.15, -0.1) is 0 Å². The molecule has 0 radical (unpaired) electrons. The van der Waals surface area contributed by atoms with Gasteiger partial charge >= 0.3 is 6.03 Å². The highest BCUT2D eigenvalue weighted by Gasteiger charge is 2.22. The molecular formula is C33H26N4O13S4. The number of nitrogens with one attached hydrogen (secondary N) is 4. The molecule has 0 aliphatic heterocycles. The second kappa shape index (κ2) is 13.8. The number of phenolic OH excluding ortho intramolecular Hbond substituents is 2. The maximum absolute atomic E-state index is 13.3. The largest absolute Gasteiger partial charge is 0.508 e. The number of carbonyl (C=O) groups excluding carboxylic acids is 1. The Morgan fingerprint density at radius 3 is 1.22 bits per heavy atom. The van der Waals surface area contributed by atoms with Crippen LogP contribution in [-0.4, -0.2) is 59.0 Å². The van der Waals surface area contributed by atoms with Crippen molar-refractivity contribution in [2.24, 2.45) is 0 Å². The predicted molar refractivity (Wildman–Crippen MR) is 198 cm³/mol. The summed E-state index contributed by atoms with van der Waals surface area (Å²) in [7, 11) is -18.5. The van der Waals surface area contributed by atoms with Gasteiger partial charge in [0.15, 0.2) is 0 Å². The molecule has 6 aromatic rings. The Morgan fingerprint density at radius 2 is 0.852 bits per heavy atom. The van der Waals surface area contributed by atoms with E-state index in [1.54, 1.807) is 0 Å². The van der Waals surface area contributed by atoms with Gasteiger partial charge in [0.1, 0.15) is 21.3 Å². The van der Waals surface area contributed by atoms with Gasteiger partial charge in [-0.3, -0.25) is 18.5 Å². The third-order valence-electron chi connectivity index (χ3n) is 7.66. The SMILES string of the molecule is O=C(Nc1cccc(S(=O)(=O)Nc2cc(S(=O)(=O)O)c3cc(O)ccc3c2)c1)Nc1cccc(S(=O)(=O)Nc2cc(S(=O)(=O)O)c3cc(O)ccc3c2)c1. The summed E-state index contributed by atoms with van der Waals surface area (Å²) in [5.41, 5.74) is -0.512. The second-order valence-electron chi connectivity index (χ2n) is 11.6.